The molecule has 3 amide bonds. The zero-order chi connectivity index (χ0) is 22.7. The molecule has 2 atom stereocenters. The summed E-state index contributed by atoms with van der Waals surface area (Å²) in [6.45, 7) is 6.57. The van der Waals surface area contributed by atoms with Crippen LogP contribution >= 0.6 is 11.8 Å². The van der Waals surface area contributed by atoms with Gasteiger partial charge in [-0.1, -0.05) is 11.8 Å². The lowest BCUT2D eigenvalue weighted by Crippen LogP contribution is -2.64. The summed E-state index contributed by atoms with van der Waals surface area (Å²) < 4.78 is 0. The van der Waals surface area contributed by atoms with Crippen molar-refractivity contribution in [1.29, 1.82) is 0 Å². The van der Waals surface area contributed by atoms with Gasteiger partial charge in [-0.2, -0.15) is 0 Å². The number of piperazine rings is 1. The lowest BCUT2D eigenvalue weighted by molar-refractivity contribution is -0.127. The predicted molar refractivity (Wildman–Crippen MR) is 120 cm³/mol. The highest BCUT2D eigenvalue weighted by Crippen LogP contribution is 2.26. The van der Waals surface area contributed by atoms with E-state index in [1.807, 2.05) is 17.9 Å². The summed E-state index contributed by atoms with van der Waals surface area (Å²) in [5.74, 6) is 1.29. The Kier molecular flexibility index (Phi) is 7.11. The molecule has 3 aliphatic heterocycles. The fourth-order valence-corrected chi connectivity index (χ4v) is 5.02. The fraction of sp³-hybridized carbons (Fsp3) is 0.650. The molecule has 2 saturated heterocycles. The molecule has 0 spiro atoms. The molecule has 0 saturated carbocycles. The number of fused-ring (bicyclic) bond motifs is 1. The van der Waals surface area contributed by atoms with Crippen LogP contribution in [0.3, 0.4) is 0 Å². The second kappa shape index (κ2) is 10.0. The molecule has 0 bridgehead atoms. The minimum absolute atomic E-state index is 0.145. The van der Waals surface area contributed by atoms with Crippen molar-refractivity contribution in [2.45, 2.75) is 30.7 Å². The van der Waals surface area contributed by atoms with E-state index in [1.165, 1.54) is 4.90 Å². The predicted octanol–water partition coefficient (Wildman–Crippen LogP) is -0.575. The Labute approximate surface area is 191 Å². The molecule has 1 aromatic rings. The van der Waals surface area contributed by atoms with Gasteiger partial charge in [0.1, 0.15) is 0 Å². The third-order valence-corrected chi connectivity index (χ3v) is 6.91. The van der Waals surface area contributed by atoms with Crippen molar-refractivity contribution < 1.29 is 14.7 Å². The van der Waals surface area contributed by atoms with E-state index in [1.54, 1.807) is 25.0 Å². The lowest BCUT2D eigenvalue weighted by atomic mass is 10.1. The summed E-state index contributed by atoms with van der Waals surface area (Å²) in [6, 6.07) is 0.932. The van der Waals surface area contributed by atoms with Crippen molar-refractivity contribution in [2.24, 2.45) is 4.99 Å². The van der Waals surface area contributed by atoms with Gasteiger partial charge in [0, 0.05) is 64.0 Å². The number of thioether (sulfide) groups is 1. The number of aliphatic hydroxyl groups is 1. The molecule has 4 heterocycles. The normalized spacial score (nSPS) is 24.0. The van der Waals surface area contributed by atoms with Gasteiger partial charge in [-0.15, -0.1) is 0 Å². The van der Waals surface area contributed by atoms with Crippen LogP contribution in [0.5, 0.6) is 0 Å². The monoisotopic (exact) mass is 462 g/mol. The maximum absolute atomic E-state index is 12.7. The number of carbonyl (C=O) groups is 2. The number of rotatable bonds is 7. The third kappa shape index (κ3) is 4.81. The number of urea groups is 1. The quantitative estimate of drug-likeness (QED) is 0.312. The Bertz CT molecular complexity index is 876. The zero-order valence-electron chi connectivity index (χ0n) is 18.5. The molecule has 4 rings (SSSR count). The molecule has 2 unspecified atom stereocenters. The number of likely N-dealkylation sites (N-methyl/N-ethyl adjacent to an activating group) is 1. The number of imide groups is 1. The molecule has 2 fully saturated rings. The van der Waals surface area contributed by atoms with Crippen LogP contribution in [0.15, 0.2) is 22.4 Å². The number of aromatic nitrogens is 2. The van der Waals surface area contributed by atoms with Crippen LogP contribution in [0.25, 0.3) is 0 Å². The molecular weight excluding hydrogens is 432 g/mol. The van der Waals surface area contributed by atoms with Crippen molar-refractivity contribution >= 4 is 29.7 Å². The first kappa shape index (κ1) is 22.7. The van der Waals surface area contributed by atoms with E-state index in [2.05, 4.69) is 25.1 Å². The number of aryl methyl sites for hydroxylation is 1. The number of carbonyl (C=O) groups excluding carboxylic acids is 2. The van der Waals surface area contributed by atoms with Crippen LogP contribution in [-0.4, -0.2) is 123 Å². The van der Waals surface area contributed by atoms with Crippen LogP contribution in [0, 0.1) is 6.92 Å². The number of hydrogen-bond acceptors (Lipinski definition) is 10. The molecule has 3 aliphatic rings. The average molecular weight is 463 g/mol. The zero-order valence-corrected chi connectivity index (χ0v) is 19.3. The van der Waals surface area contributed by atoms with Crippen LogP contribution in [0.1, 0.15) is 12.1 Å². The first-order chi connectivity index (χ1) is 15.5. The van der Waals surface area contributed by atoms with E-state index in [4.69, 9.17) is 4.99 Å². The maximum atomic E-state index is 12.7. The highest BCUT2D eigenvalue weighted by molar-refractivity contribution is 7.99. The number of nitrogens with one attached hydrogen (secondary N) is 1. The summed E-state index contributed by atoms with van der Waals surface area (Å²) >= 11 is 1.59. The van der Waals surface area contributed by atoms with Crippen molar-refractivity contribution in [2.75, 3.05) is 58.7 Å². The molecule has 1 aromatic heterocycles. The number of hydrogen-bond donors (Lipinski definition) is 2. The molecule has 0 aliphatic carbocycles. The van der Waals surface area contributed by atoms with Gasteiger partial charge < -0.3 is 19.8 Å². The van der Waals surface area contributed by atoms with Crippen molar-refractivity contribution in [3.05, 3.63) is 18.0 Å². The van der Waals surface area contributed by atoms with Gasteiger partial charge in [0.15, 0.2) is 23.3 Å². The van der Waals surface area contributed by atoms with Crippen LogP contribution in [0.2, 0.25) is 0 Å². The highest BCUT2D eigenvalue weighted by atomic mass is 32.2. The van der Waals surface area contributed by atoms with Gasteiger partial charge >= 0.3 is 6.03 Å². The number of amides is 3. The Hall–Kier alpha value is -2.44. The van der Waals surface area contributed by atoms with Gasteiger partial charge in [0.2, 0.25) is 0 Å². The fourth-order valence-electron chi connectivity index (χ4n) is 4.22. The highest BCUT2D eigenvalue weighted by Gasteiger charge is 2.49. The summed E-state index contributed by atoms with van der Waals surface area (Å²) in [7, 11) is 1.67. The third-order valence-electron chi connectivity index (χ3n) is 5.96. The van der Waals surface area contributed by atoms with E-state index in [0.29, 0.717) is 13.1 Å². The summed E-state index contributed by atoms with van der Waals surface area (Å²) in [6.07, 6.45) is 2.06. The van der Waals surface area contributed by atoms with Gasteiger partial charge in [0.05, 0.1) is 6.61 Å². The van der Waals surface area contributed by atoms with Gasteiger partial charge in [-0.25, -0.2) is 19.8 Å². The molecule has 32 heavy (non-hydrogen) atoms. The van der Waals surface area contributed by atoms with E-state index in [9.17, 15) is 14.7 Å². The summed E-state index contributed by atoms with van der Waals surface area (Å²) in [5, 5.41) is 12.4. The van der Waals surface area contributed by atoms with E-state index in [0.717, 1.165) is 55.2 Å². The smallest absolute Gasteiger partial charge is 0.325 e. The molecule has 0 radical (unpaired) electrons. The van der Waals surface area contributed by atoms with Crippen LogP contribution in [0.4, 0.5) is 4.79 Å². The molecule has 174 valence electrons. The summed E-state index contributed by atoms with van der Waals surface area (Å²) in [5.41, 5.74) is 0.936. The average Bonchev–Trinajstić information content (AvgIpc) is 3.16. The minimum atomic E-state index is -0.525. The molecule has 12 heteroatoms. The lowest BCUT2D eigenvalue weighted by Gasteiger charge is -2.40. The number of β-amino-alcohol motifs (C(OH)–C–C–N with tert-alkyl or cyclic N) is 1. The largest absolute Gasteiger partial charge is 0.395 e. The van der Waals surface area contributed by atoms with Crippen molar-refractivity contribution in [1.82, 2.24) is 34.9 Å². The molecular formula is C20H30N8O3S. The topological polar surface area (TPSA) is 118 Å². The number of guanidine groups is 1. The van der Waals surface area contributed by atoms with Gasteiger partial charge in [0.25, 0.3) is 5.91 Å². The van der Waals surface area contributed by atoms with E-state index in [-0.39, 0.29) is 12.5 Å². The maximum Gasteiger partial charge on any atom is 0.325 e. The van der Waals surface area contributed by atoms with Crippen LogP contribution in [-0.2, 0) is 4.79 Å². The van der Waals surface area contributed by atoms with Gasteiger partial charge in [-0.05, 0) is 19.4 Å². The molecule has 11 nitrogen and oxygen atoms in total. The number of nitrogens with zero attached hydrogens (tertiary/aromatic N) is 7. The molecule has 0 aromatic carbocycles. The number of aliphatic imine (C=N–C) groups is 1. The van der Waals surface area contributed by atoms with Gasteiger partial charge in [-0.3, -0.25) is 15.0 Å². The van der Waals surface area contributed by atoms with E-state index >= 15 is 0 Å². The number of aliphatic hydroxyl groups excluding tert-OH is 1. The van der Waals surface area contributed by atoms with E-state index < -0.39 is 18.2 Å². The van der Waals surface area contributed by atoms with Crippen molar-refractivity contribution in [3.8, 4) is 0 Å². The van der Waals surface area contributed by atoms with Crippen molar-refractivity contribution in [3.63, 3.8) is 0 Å². The standard InChI is InChI=1S/C20H30N8O3S/c1-14-4-5-21-18(22-14)32-13-3-6-28-15-16(25(2)20(31)24-17(15)30)23-19(28)27-9-7-26(8-10-27)11-12-29/h4-5,15-16,29H,3,6-13H2,1-2H3,(H,24,30,31). The second-order valence-electron chi connectivity index (χ2n) is 8.12. The Morgan fingerprint density at radius 1 is 1.22 bits per heavy atom. The Balaban J connectivity index is 1.44. The summed E-state index contributed by atoms with van der Waals surface area (Å²) in [4.78, 5) is 46.4. The first-order valence-corrected chi connectivity index (χ1v) is 11.9. The minimum Gasteiger partial charge on any atom is -0.395 e. The second-order valence-corrected chi connectivity index (χ2v) is 9.18. The SMILES string of the molecule is Cc1ccnc(SCCCN2C(N3CCN(CCO)CC3)=NC3C2C(=O)NC(=O)N3C)n1. The Morgan fingerprint density at radius 3 is 2.72 bits per heavy atom. The first-order valence-electron chi connectivity index (χ1n) is 10.9. The van der Waals surface area contributed by atoms with Crippen LogP contribution < -0.4 is 5.32 Å². The Morgan fingerprint density at radius 2 is 2.00 bits per heavy atom. The molecule has 2 N–H and O–H groups in total.